The number of halogens is 1. The van der Waals surface area contributed by atoms with E-state index in [0.29, 0.717) is 44.3 Å². The molecule has 19 heteroatoms. The van der Waals surface area contributed by atoms with Gasteiger partial charge in [0.2, 0.25) is 0 Å². The molecule has 0 amide bonds. The van der Waals surface area contributed by atoms with Gasteiger partial charge in [0.05, 0.1) is 34.2 Å². The number of hydrogen-bond donors (Lipinski definition) is 0. The second-order valence-electron chi connectivity index (χ2n) is 42.7. The molecular formula is C124H147BrN12OSi2Zn3. The number of rotatable bonds is 10. The Balaban J connectivity index is 0.000000240. The van der Waals surface area contributed by atoms with E-state index >= 15 is 0 Å². The minimum Gasteiger partial charge on any atom is -0.658 e. The minimum absolute atomic E-state index is 0. The minimum atomic E-state index is -1.98. The Hall–Kier alpha value is -10.4. The van der Waals surface area contributed by atoms with Crippen LogP contribution in [0, 0.1) is 85.7 Å². The molecule has 12 aromatic rings. The second-order valence-corrected chi connectivity index (χ2v) is 54.8. The quantitative estimate of drug-likeness (QED) is 0.0547. The predicted molar refractivity (Wildman–Crippen MR) is 609 cm³/mol. The Labute approximate surface area is 902 Å². The monoisotopic (exact) mass is 2150 g/mol. The van der Waals surface area contributed by atoms with Gasteiger partial charge >= 0.3 is 58.4 Å². The first-order valence-electron chi connectivity index (χ1n) is 48.5. The maximum absolute atomic E-state index is 12.8. The van der Waals surface area contributed by atoms with Crippen LogP contribution in [0.4, 0.5) is 0 Å². The summed E-state index contributed by atoms with van der Waals surface area (Å²) in [6.07, 6.45) is 20.6. The molecular weight excluding hydrogens is 2010 g/mol. The molecule has 9 aromatic heterocycles. The van der Waals surface area contributed by atoms with Crippen molar-refractivity contribution in [3.8, 4) is 56.8 Å². The molecule has 0 atom stereocenters. The van der Waals surface area contributed by atoms with Crippen molar-refractivity contribution < 1.29 is 63.2 Å². The van der Waals surface area contributed by atoms with Crippen molar-refractivity contribution in [1.29, 1.82) is 0 Å². The normalized spacial score (nSPS) is 13.3. The van der Waals surface area contributed by atoms with E-state index in [1.54, 1.807) is 6.92 Å². The zero-order chi connectivity index (χ0) is 99.3. The zero-order valence-corrected chi connectivity index (χ0v) is 101. The molecule has 13 nitrogen and oxygen atoms in total. The Bertz CT molecular complexity index is 7460. The van der Waals surface area contributed by atoms with E-state index in [1.165, 1.54) is 55.6 Å². The largest absolute Gasteiger partial charge is 2.00 e. The number of carbonyl (C=O) groups excluding carboxylic acids is 1. The number of aromatic nitrogens is 12. The SMILES string of the molecule is C.C.C.C#C[Si](C(C)C)(C(C)C)C(C)C.C=C(C)C.CC(=O)c1cc2[n-]c1cc1nc(cc3ccc(cc4nc(c2-c2c(C)cc(C)cc2C)C=C4)[n-]3)C(C)(C)C1.Cc1cc(C)c(-c2c3nc(cc4ccc(cc5nc(cc6[n-]c2cc6Br)CC5(C)C)[n-]4)C=C3)c(C)c1.Cc1cc(C)c(-c2c3nc(cc4ccc(cc5nc(cc6[n-]c2cc6C#C[Si](C(C)C)(C(C)C)C(C)C)CC5(C)C)[n-]4)C=C3)c(C)c1.[Zn+2].[Zn+2].[Zn+2]. The molecule has 0 aliphatic carbocycles. The third kappa shape index (κ3) is 25.6. The number of carbonyl (C=O) groups is 1. The topological polar surface area (TPSA) is 179 Å². The van der Waals surface area contributed by atoms with Crippen LogP contribution in [0.3, 0.4) is 0 Å². The average Bonchev–Trinajstić information content (AvgIpc) is 1.62. The van der Waals surface area contributed by atoms with E-state index in [2.05, 4.69) is 348 Å². The van der Waals surface area contributed by atoms with Crippen LogP contribution in [-0.2, 0) is 93.9 Å². The third-order valence-corrected chi connectivity index (χ3v) is 41.0. The number of hydrogen-bond acceptors (Lipinski definition) is 7. The predicted octanol–water partition coefficient (Wildman–Crippen LogP) is 32.4. The fourth-order valence-electron chi connectivity index (χ4n) is 21.8. The number of nitrogens with zero attached hydrogens (tertiary/aromatic N) is 12. The van der Waals surface area contributed by atoms with E-state index < -0.39 is 16.1 Å². The Morgan fingerprint density at radius 1 is 0.357 bits per heavy atom. The molecule has 0 radical (unpaired) electrons. The average molecular weight is 2150 g/mol. The summed E-state index contributed by atoms with van der Waals surface area (Å²) in [7, 11) is -3.46. The molecule has 0 unspecified atom stereocenters. The Kier molecular flexibility index (Phi) is 39.0. The van der Waals surface area contributed by atoms with E-state index in [1.807, 2.05) is 74.5 Å². The van der Waals surface area contributed by atoms with E-state index in [4.69, 9.17) is 66.2 Å². The van der Waals surface area contributed by atoms with Crippen LogP contribution < -0.4 is 29.9 Å². The molecule has 143 heavy (non-hydrogen) atoms. The fourth-order valence-corrected chi connectivity index (χ4v) is 32.4. The van der Waals surface area contributed by atoms with Crippen LogP contribution in [0.15, 0.2) is 162 Å². The van der Waals surface area contributed by atoms with Gasteiger partial charge in [0.25, 0.3) is 0 Å². The standard InChI is InChI=1S/C42H48N4Si.C33H31N4O.C31H27BrN4.C11H22Si.C4H8.3CH4.3Zn/c1-25(2)47(26(3)4,27(5)6)17-16-31-20-38-41(40-29(8)18-28(7)19-30(40)9)36-15-14-33(44-36)21-32-12-13-34(43-32)23-39-42(10,11)24-35(45-39)22-37(31)46-38;1-18-11-19(2)31(20(3)12-18)32-27-10-9-23(35-27)13-22-7-8-24(34-22)15-30-33(5,6)17-25(36-30)14-28-26(21(4)38)16-29(32)37-28;1-17-10-18(2)29(19(3)11-17)30-25-9-8-21(34-25)12-20-6-7-22(33-20)14-28-31(4,5)16-23(35-28)13-26-24(32)15-27(30)36-26;1-8-12(9(2)3,10(4)5)11(6)7;1-4(2)3;;;;;;/h12-15,18-23,25-27H,24H2,1-11H3;7-16H,17H2,1-6H3,(H-,34,35,36,37,38);6-15H,16H2,1-5H3;1,9-11H,2-7H3;1H2,2-3H3;3*1H4;;;/q-2;-1;-2;;;;;;3*+2/p-1. The summed E-state index contributed by atoms with van der Waals surface area (Å²) in [5.74, 6) is 3.75. The number of allylic oxidation sites excluding steroid dienone is 1. The smallest absolute Gasteiger partial charge is 0.658 e. The number of aryl methyl sites for hydroxylation is 9. The fraction of sp³-hybridized carbons (Fsp3) is 0.363. The summed E-state index contributed by atoms with van der Waals surface area (Å²) in [4.78, 5) is 73.2. The summed E-state index contributed by atoms with van der Waals surface area (Å²) in [5.41, 5.74) is 52.2. The van der Waals surface area contributed by atoms with Crippen molar-refractivity contribution in [2.24, 2.45) is 0 Å². The molecule has 0 saturated heterocycles. The number of benzene rings is 3. The maximum Gasteiger partial charge on any atom is 2.00 e. The molecule has 0 N–H and O–H groups in total. The Morgan fingerprint density at radius 2 is 0.629 bits per heavy atom. The van der Waals surface area contributed by atoms with Crippen LogP contribution in [-0.4, -0.2) is 51.8 Å². The summed E-state index contributed by atoms with van der Waals surface area (Å²) in [5, 5.41) is 0. The van der Waals surface area contributed by atoms with Gasteiger partial charge in [-0.15, -0.1) is 90.3 Å². The summed E-state index contributed by atoms with van der Waals surface area (Å²) in [6, 6.07) is 50.5. The van der Waals surface area contributed by atoms with Gasteiger partial charge < -0.3 is 29.9 Å². The molecule has 0 spiro atoms. The molecule has 6 aliphatic heterocycles. The van der Waals surface area contributed by atoms with E-state index in [-0.39, 0.29) is 103 Å². The van der Waals surface area contributed by atoms with Crippen LogP contribution in [0.2, 0.25) is 33.2 Å². The summed E-state index contributed by atoms with van der Waals surface area (Å²) in [6.45, 7) is 69.7. The van der Waals surface area contributed by atoms with Crippen LogP contribution in [0.1, 0.15) is 302 Å². The number of terminal acetylenes is 1. The van der Waals surface area contributed by atoms with Gasteiger partial charge in [0.15, 0.2) is 5.78 Å². The van der Waals surface area contributed by atoms with Crippen LogP contribution in [0.5, 0.6) is 0 Å². The van der Waals surface area contributed by atoms with Gasteiger partial charge in [-0.3, -0.25) is 19.7 Å². The van der Waals surface area contributed by atoms with Gasteiger partial charge in [0.1, 0.15) is 16.1 Å². The summed E-state index contributed by atoms with van der Waals surface area (Å²) < 4.78 is 0.958. The van der Waals surface area contributed by atoms with Gasteiger partial charge in [-0.1, -0.05) is 337 Å². The molecule has 0 saturated carbocycles. The molecule has 6 aliphatic rings. The number of ketones is 1. The van der Waals surface area contributed by atoms with Gasteiger partial charge in [-0.2, -0.15) is 0 Å². The second kappa shape index (κ2) is 47.4. The van der Waals surface area contributed by atoms with Crippen molar-refractivity contribution >= 4 is 141 Å². The summed E-state index contributed by atoms with van der Waals surface area (Å²) >= 11 is 3.78. The van der Waals surface area contributed by atoms with Crippen molar-refractivity contribution in [1.82, 2.24) is 59.8 Å². The van der Waals surface area contributed by atoms with Crippen LogP contribution >= 0.6 is 15.9 Å². The van der Waals surface area contributed by atoms with E-state index in [9.17, 15) is 4.79 Å². The van der Waals surface area contributed by atoms with Crippen LogP contribution in [0.25, 0.3) is 136 Å². The molecule has 24 bridgehead atoms. The van der Waals surface area contributed by atoms with Gasteiger partial charge in [-0.05, 0) is 220 Å². The molecule has 18 rings (SSSR count). The number of fused-ring (bicyclic) bond motifs is 24. The first kappa shape index (κ1) is 118. The third-order valence-electron chi connectivity index (χ3n) is 27.9. The molecule has 0 fully saturated rings. The van der Waals surface area contributed by atoms with Crippen molar-refractivity contribution in [2.75, 3.05) is 0 Å². The van der Waals surface area contributed by atoms with E-state index in [0.717, 1.165) is 192 Å². The van der Waals surface area contributed by atoms with Crippen molar-refractivity contribution in [2.45, 2.75) is 299 Å². The zero-order valence-electron chi connectivity index (χ0n) is 88.5. The molecule has 730 valence electrons. The number of Topliss-reactive ketones (excluding diaryl/α,β-unsaturated/α-hetero) is 1. The first-order valence-corrected chi connectivity index (χ1v) is 53.8. The maximum atomic E-state index is 12.8. The molecule has 3 aromatic carbocycles. The first-order chi connectivity index (χ1) is 64.5. The van der Waals surface area contributed by atoms with Crippen molar-refractivity contribution in [3.63, 3.8) is 0 Å². The van der Waals surface area contributed by atoms with Gasteiger partial charge in [-0.25, -0.2) is 15.0 Å². The van der Waals surface area contributed by atoms with Gasteiger partial charge in [0, 0.05) is 85.3 Å². The molecule has 15 heterocycles. The Morgan fingerprint density at radius 3 is 0.923 bits per heavy atom. The van der Waals surface area contributed by atoms with Crippen molar-refractivity contribution in [3.05, 3.63) is 292 Å².